The molecule has 15 heavy (non-hydrogen) atoms. The summed E-state index contributed by atoms with van der Waals surface area (Å²) in [7, 11) is 0. The summed E-state index contributed by atoms with van der Waals surface area (Å²) in [4.78, 5) is 24.4. The van der Waals surface area contributed by atoms with Crippen LogP contribution in [0.3, 0.4) is 0 Å². The number of nitrogens with zero attached hydrogens (tertiary/aromatic N) is 1. The number of cyclic esters (lactones) is 1. The zero-order valence-electron chi connectivity index (χ0n) is 8.65. The average molecular weight is 212 g/mol. The molecule has 2 fully saturated rings. The molecule has 1 amide bonds. The Hall–Kier alpha value is -1.10. The van der Waals surface area contributed by atoms with Gasteiger partial charge in [-0.05, 0) is 25.9 Å². The number of likely N-dealkylation sites (tertiary alicyclic amines) is 1. The quantitative estimate of drug-likeness (QED) is 0.626. The molecule has 5 nitrogen and oxygen atoms in total. The number of hydrogen-bond donors (Lipinski definition) is 1. The summed E-state index contributed by atoms with van der Waals surface area (Å²) in [6.45, 7) is 2.07. The maximum absolute atomic E-state index is 11.3. The van der Waals surface area contributed by atoms with Crippen molar-refractivity contribution in [2.75, 3.05) is 19.7 Å². The number of primary amides is 1. The number of rotatable bonds is 2. The van der Waals surface area contributed by atoms with Gasteiger partial charge >= 0.3 is 5.97 Å². The van der Waals surface area contributed by atoms with Crippen LogP contribution in [0.5, 0.6) is 0 Å². The van der Waals surface area contributed by atoms with Crippen LogP contribution < -0.4 is 5.73 Å². The van der Waals surface area contributed by atoms with Crippen LogP contribution in [0.15, 0.2) is 0 Å². The van der Waals surface area contributed by atoms with Crippen molar-refractivity contribution in [1.82, 2.24) is 4.90 Å². The molecule has 1 unspecified atom stereocenters. The minimum absolute atomic E-state index is 0.0151. The fourth-order valence-electron chi connectivity index (χ4n) is 2.31. The first-order valence-corrected chi connectivity index (χ1v) is 5.38. The van der Waals surface area contributed by atoms with Gasteiger partial charge in [-0.1, -0.05) is 0 Å². The molecule has 0 saturated carbocycles. The smallest absolute Gasteiger partial charge is 0.323 e. The number of hydrogen-bond acceptors (Lipinski definition) is 4. The van der Waals surface area contributed by atoms with Crippen molar-refractivity contribution in [2.45, 2.75) is 25.3 Å². The number of amides is 1. The molecular weight excluding hydrogens is 196 g/mol. The van der Waals surface area contributed by atoms with E-state index in [4.69, 9.17) is 10.5 Å². The third-order valence-electron chi connectivity index (χ3n) is 3.28. The number of esters is 1. The Kier molecular flexibility index (Phi) is 2.90. The van der Waals surface area contributed by atoms with Gasteiger partial charge in [0.15, 0.2) is 0 Å². The Morgan fingerprint density at radius 3 is 2.47 bits per heavy atom. The lowest BCUT2D eigenvalue weighted by molar-refractivity contribution is -0.142. The third kappa shape index (κ3) is 2.12. The summed E-state index contributed by atoms with van der Waals surface area (Å²) in [5.74, 6) is -0.352. The zero-order valence-corrected chi connectivity index (χ0v) is 8.65. The zero-order chi connectivity index (χ0) is 10.8. The van der Waals surface area contributed by atoms with Gasteiger partial charge in [-0.25, -0.2) is 0 Å². The van der Waals surface area contributed by atoms with E-state index in [-0.39, 0.29) is 23.8 Å². The van der Waals surface area contributed by atoms with E-state index >= 15 is 0 Å². The van der Waals surface area contributed by atoms with E-state index in [1.165, 1.54) is 0 Å². The van der Waals surface area contributed by atoms with Gasteiger partial charge in [0.05, 0.1) is 6.61 Å². The number of carbonyl (C=O) groups is 2. The summed E-state index contributed by atoms with van der Waals surface area (Å²) < 4.78 is 4.92. The molecule has 5 heteroatoms. The first-order valence-electron chi connectivity index (χ1n) is 5.38. The first kappa shape index (κ1) is 10.4. The molecule has 2 saturated heterocycles. The monoisotopic (exact) mass is 212 g/mol. The second kappa shape index (κ2) is 4.18. The van der Waals surface area contributed by atoms with Crippen LogP contribution in [-0.2, 0) is 14.3 Å². The second-order valence-corrected chi connectivity index (χ2v) is 4.18. The summed E-state index contributed by atoms with van der Waals surface area (Å²) >= 11 is 0. The molecule has 2 rings (SSSR count). The number of piperidine rings is 1. The standard InChI is InChI=1S/C10H16N2O3/c11-9(13)7-1-4-12(5-2-7)8-3-6-15-10(8)14/h7-8H,1-6H2,(H2,11,13). The number of nitrogens with two attached hydrogens (primary N) is 1. The maximum atomic E-state index is 11.3. The van der Waals surface area contributed by atoms with Crippen LogP contribution in [0.25, 0.3) is 0 Å². The first-order chi connectivity index (χ1) is 7.18. The van der Waals surface area contributed by atoms with Gasteiger partial charge in [-0.3, -0.25) is 14.5 Å². The van der Waals surface area contributed by atoms with Gasteiger partial charge in [0.1, 0.15) is 6.04 Å². The van der Waals surface area contributed by atoms with E-state index in [9.17, 15) is 9.59 Å². The highest BCUT2D eigenvalue weighted by molar-refractivity contribution is 5.78. The van der Waals surface area contributed by atoms with Crippen LogP contribution in [0.2, 0.25) is 0 Å². The van der Waals surface area contributed by atoms with Crippen molar-refractivity contribution in [1.29, 1.82) is 0 Å². The Balaban J connectivity index is 1.87. The normalized spacial score (nSPS) is 29.1. The van der Waals surface area contributed by atoms with Crippen LogP contribution in [-0.4, -0.2) is 42.5 Å². The molecule has 2 N–H and O–H groups in total. The molecule has 1 atom stereocenters. The topological polar surface area (TPSA) is 72.6 Å². The van der Waals surface area contributed by atoms with Gasteiger partial charge in [-0.15, -0.1) is 0 Å². The molecular formula is C10H16N2O3. The van der Waals surface area contributed by atoms with E-state index in [0.29, 0.717) is 6.61 Å². The predicted molar refractivity (Wildman–Crippen MR) is 52.9 cm³/mol. The minimum Gasteiger partial charge on any atom is -0.464 e. The summed E-state index contributed by atoms with van der Waals surface area (Å²) in [6.07, 6.45) is 2.30. The fraction of sp³-hybridized carbons (Fsp3) is 0.800. The van der Waals surface area contributed by atoms with Crippen LogP contribution in [0.4, 0.5) is 0 Å². The van der Waals surface area contributed by atoms with Crippen molar-refractivity contribution < 1.29 is 14.3 Å². The minimum atomic E-state index is -0.219. The Labute approximate surface area is 88.5 Å². The van der Waals surface area contributed by atoms with Gasteiger partial charge in [0.2, 0.25) is 5.91 Å². The third-order valence-corrected chi connectivity index (χ3v) is 3.28. The van der Waals surface area contributed by atoms with Crippen molar-refractivity contribution >= 4 is 11.9 Å². The second-order valence-electron chi connectivity index (χ2n) is 4.18. The summed E-state index contributed by atoms with van der Waals surface area (Å²) in [6, 6.07) is -0.0844. The van der Waals surface area contributed by atoms with Crippen molar-refractivity contribution in [3.05, 3.63) is 0 Å². The summed E-state index contributed by atoms with van der Waals surface area (Å²) in [5, 5.41) is 0. The van der Waals surface area contributed by atoms with E-state index in [0.717, 1.165) is 32.4 Å². The molecule has 0 bridgehead atoms. The number of carbonyl (C=O) groups excluding carboxylic acids is 2. The highest BCUT2D eigenvalue weighted by atomic mass is 16.5. The molecule has 84 valence electrons. The molecule has 0 aromatic carbocycles. The predicted octanol–water partition coefficient (Wildman–Crippen LogP) is -0.501. The lowest BCUT2D eigenvalue weighted by Crippen LogP contribution is -2.45. The lowest BCUT2D eigenvalue weighted by Gasteiger charge is -2.32. The molecule has 0 aromatic heterocycles. The molecule has 0 aliphatic carbocycles. The van der Waals surface area contributed by atoms with E-state index < -0.39 is 0 Å². The van der Waals surface area contributed by atoms with Gasteiger partial charge in [0, 0.05) is 12.3 Å². The molecule has 0 aromatic rings. The molecule has 2 aliphatic rings. The van der Waals surface area contributed by atoms with Crippen LogP contribution >= 0.6 is 0 Å². The van der Waals surface area contributed by atoms with Crippen molar-refractivity contribution in [3.8, 4) is 0 Å². The highest BCUT2D eigenvalue weighted by Gasteiger charge is 2.35. The summed E-state index contributed by atoms with van der Waals surface area (Å²) in [5.41, 5.74) is 5.24. The lowest BCUT2D eigenvalue weighted by atomic mass is 9.95. The molecule has 2 aliphatic heterocycles. The van der Waals surface area contributed by atoms with Gasteiger partial charge in [0.25, 0.3) is 0 Å². The van der Waals surface area contributed by atoms with E-state index in [2.05, 4.69) is 4.90 Å². The van der Waals surface area contributed by atoms with Gasteiger partial charge < -0.3 is 10.5 Å². The van der Waals surface area contributed by atoms with Crippen LogP contribution in [0.1, 0.15) is 19.3 Å². The highest BCUT2D eigenvalue weighted by Crippen LogP contribution is 2.22. The molecule has 0 spiro atoms. The largest absolute Gasteiger partial charge is 0.464 e. The van der Waals surface area contributed by atoms with Crippen LogP contribution in [0, 0.1) is 5.92 Å². The maximum Gasteiger partial charge on any atom is 0.323 e. The Bertz CT molecular complexity index is 272. The van der Waals surface area contributed by atoms with Gasteiger partial charge in [-0.2, -0.15) is 0 Å². The van der Waals surface area contributed by atoms with E-state index in [1.807, 2.05) is 0 Å². The fourth-order valence-corrected chi connectivity index (χ4v) is 2.31. The molecule has 0 radical (unpaired) electrons. The van der Waals surface area contributed by atoms with Crippen molar-refractivity contribution in [2.24, 2.45) is 11.7 Å². The average Bonchev–Trinajstić information content (AvgIpc) is 2.65. The van der Waals surface area contributed by atoms with E-state index in [1.54, 1.807) is 0 Å². The Morgan fingerprint density at radius 2 is 2.00 bits per heavy atom. The van der Waals surface area contributed by atoms with Crippen molar-refractivity contribution in [3.63, 3.8) is 0 Å². The SMILES string of the molecule is NC(=O)C1CCN(C2CCOC2=O)CC1. The number of ether oxygens (including phenoxy) is 1. The molecule has 2 heterocycles. The Morgan fingerprint density at radius 1 is 1.33 bits per heavy atom.